The molecule has 0 radical (unpaired) electrons. The van der Waals surface area contributed by atoms with Crippen LogP contribution in [0.4, 0.5) is 4.39 Å². The van der Waals surface area contributed by atoms with Crippen molar-refractivity contribution in [1.82, 2.24) is 4.57 Å². The Hall–Kier alpha value is -2.47. The number of hydrogen-bond donors (Lipinski definition) is 0. The van der Waals surface area contributed by atoms with E-state index in [-0.39, 0.29) is 17.1 Å². The summed E-state index contributed by atoms with van der Waals surface area (Å²) in [7, 11) is -3.45. The third-order valence-corrected chi connectivity index (χ3v) is 6.06. The van der Waals surface area contributed by atoms with Gasteiger partial charge < -0.3 is 4.57 Å². The Bertz CT molecular complexity index is 1150. The van der Waals surface area contributed by atoms with E-state index in [0.717, 1.165) is 17.3 Å². The van der Waals surface area contributed by atoms with Crippen molar-refractivity contribution in [3.05, 3.63) is 81.4 Å². The average Bonchev–Trinajstić information content (AvgIpc) is 2.60. The second-order valence-electron chi connectivity index (χ2n) is 6.83. The molecule has 0 saturated heterocycles. The van der Waals surface area contributed by atoms with E-state index in [0.29, 0.717) is 23.2 Å². The fraction of sp³-hybridized carbons (Fsp3) is 0.286. The predicted octanol–water partition coefficient (Wildman–Crippen LogP) is 3.97. The number of hydrogen-bond acceptors (Lipinski definition) is 3. The molecule has 27 heavy (non-hydrogen) atoms. The largest absolute Gasteiger partial charge is 0.308 e. The van der Waals surface area contributed by atoms with Crippen LogP contribution in [-0.2, 0) is 27.9 Å². The number of sulfone groups is 1. The van der Waals surface area contributed by atoms with Gasteiger partial charge >= 0.3 is 0 Å². The van der Waals surface area contributed by atoms with Gasteiger partial charge in [0.2, 0.25) is 0 Å². The first-order valence-corrected chi connectivity index (χ1v) is 10.7. The monoisotopic (exact) mass is 387 g/mol. The highest BCUT2D eigenvalue weighted by Gasteiger charge is 2.15. The van der Waals surface area contributed by atoms with Crippen LogP contribution >= 0.6 is 0 Å². The van der Waals surface area contributed by atoms with Crippen molar-refractivity contribution in [2.24, 2.45) is 0 Å². The molecular weight excluding hydrogens is 365 g/mol. The molecule has 2 aromatic carbocycles. The van der Waals surface area contributed by atoms with Gasteiger partial charge in [-0.25, -0.2) is 12.8 Å². The second-order valence-corrected chi connectivity index (χ2v) is 8.90. The maximum atomic E-state index is 13.7. The molecule has 3 aromatic rings. The van der Waals surface area contributed by atoms with Crippen LogP contribution in [0, 0.1) is 12.7 Å². The number of benzene rings is 2. The van der Waals surface area contributed by atoms with Gasteiger partial charge in [0.25, 0.3) is 5.56 Å². The number of pyridine rings is 1. The Labute approximate surface area is 158 Å². The van der Waals surface area contributed by atoms with Crippen molar-refractivity contribution in [2.45, 2.75) is 38.3 Å². The van der Waals surface area contributed by atoms with Crippen molar-refractivity contribution >= 4 is 20.7 Å². The Kier molecular flexibility index (Phi) is 5.46. The van der Waals surface area contributed by atoms with Crippen LogP contribution in [0.3, 0.4) is 0 Å². The number of nitrogens with zero attached hydrogens (tertiary/aromatic N) is 1. The molecule has 1 aromatic heterocycles. The number of rotatable bonds is 6. The average molecular weight is 387 g/mol. The highest BCUT2D eigenvalue weighted by atomic mass is 32.2. The molecule has 142 valence electrons. The molecule has 1 heterocycles. The summed E-state index contributed by atoms with van der Waals surface area (Å²) >= 11 is 0. The van der Waals surface area contributed by atoms with Crippen LogP contribution in [-0.4, -0.2) is 13.0 Å². The summed E-state index contributed by atoms with van der Waals surface area (Å²) < 4.78 is 40.5. The summed E-state index contributed by atoms with van der Waals surface area (Å²) in [5.74, 6) is -0.745. The van der Waals surface area contributed by atoms with E-state index >= 15 is 0 Å². The maximum Gasteiger partial charge on any atom is 0.251 e. The van der Waals surface area contributed by atoms with E-state index < -0.39 is 15.7 Å². The van der Waals surface area contributed by atoms with E-state index in [1.807, 2.05) is 6.92 Å². The smallest absolute Gasteiger partial charge is 0.251 e. The Morgan fingerprint density at radius 2 is 1.63 bits per heavy atom. The lowest BCUT2D eigenvalue weighted by Gasteiger charge is -2.11. The zero-order valence-corrected chi connectivity index (χ0v) is 16.2. The summed E-state index contributed by atoms with van der Waals surface area (Å²) in [5.41, 5.74) is 2.31. The molecule has 6 heteroatoms. The standard InChI is InChI=1S/C21H22FNO3S/c1-3-10-23-20-8-6-16(11-18(20)7-9-21(23)24)13-27(25,26)14-17-5-4-15(2)19(22)12-17/h4-9,11-12H,3,10,13-14H2,1-2H3. The first-order chi connectivity index (χ1) is 12.8. The minimum Gasteiger partial charge on any atom is -0.308 e. The van der Waals surface area contributed by atoms with Crippen molar-refractivity contribution in [3.8, 4) is 0 Å². The van der Waals surface area contributed by atoms with Crippen LogP contribution in [0.1, 0.15) is 30.0 Å². The van der Waals surface area contributed by atoms with Crippen molar-refractivity contribution < 1.29 is 12.8 Å². The Morgan fingerprint density at radius 3 is 2.30 bits per heavy atom. The Balaban J connectivity index is 1.88. The van der Waals surface area contributed by atoms with Gasteiger partial charge in [0.1, 0.15) is 5.82 Å². The van der Waals surface area contributed by atoms with Crippen molar-refractivity contribution in [2.75, 3.05) is 0 Å². The molecule has 0 unspecified atom stereocenters. The van der Waals surface area contributed by atoms with Crippen LogP contribution in [0.25, 0.3) is 10.9 Å². The summed E-state index contributed by atoms with van der Waals surface area (Å²) in [6, 6.07) is 13.1. The molecule has 0 fully saturated rings. The highest BCUT2D eigenvalue weighted by Crippen LogP contribution is 2.19. The van der Waals surface area contributed by atoms with Crippen LogP contribution in [0.5, 0.6) is 0 Å². The van der Waals surface area contributed by atoms with E-state index in [4.69, 9.17) is 0 Å². The van der Waals surface area contributed by atoms with Gasteiger partial charge in [-0.3, -0.25) is 4.79 Å². The van der Waals surface area contributed by atoms with E-state index in [2.05, 4.69) is 0 Å². The fourth-order valence-electron chi connectivity index (χ4n) is 3.18. The number of aryl methyl sites for hydroxylation is 2. The predicted molar refractivity (Wildman–Crippen MR) is 106 cm³/mol. The van der Waals surface area contributed by atoms with Gasteiger partial charge in [0.15, 0.2) is 9.84 Å². The van der Waals surface area contributed by atoms with Crippen LogP contribution in [0.15, 0.2) is 53.3 Å². The van der Waals surface area contributed by atoms with E-state index in [9.17, 15) is 17.6 Å². The molecule has 0 bridgehead atoms. The lowest BCUT2D eigenvalue weighted by Crippen LogP contribution is -2.19. The summed E-state index contributed by atoms with van der Waals surface area (Å²) in [6.07, 6.45) is 0.836. The molecule has 0 aliphatic heterocycles. The van der Waals surface area contributed by atoms with Crippen LogP contribution < -0.4 is 5.56 Å². The molecule has 0 amide bonds. The number of fused-ring (bicyclic) bond motifs is 1. The van der Waals surface area contributed by atoms with Gasteiger partial charge in [-0.2, -0.15) is 0 Å². The topological polar surface area (TPSA) is 56.1 Å². The molecule has 0 saturated carbocycles. The normalized spacial score (nSPS) is 11.8. The lowest BCUT2D eigenvalue weighted by molar-refractivity contribution is 0.593. The number of halogens is 1. The molecule has 0 N–H and O–H groups in total. The van der Waals surface area contributed by atoms with Crippen molar-refractivity contribution in [3.63, 3.8) is 0 Å². The summed E-state index contributed by atoms with van der Waals surface area (Å²) in [5, 5.41) is 0.831. The molecule has 0 atom stereocenters. The highest BCUT2D eigenvalue weighted by molar-refractivity contribution is 7.89. The number of aromatic nitrogens is 1. The zero-order chi connectivity index (χ0) is 19.6. The first kappa shape index (κ1) is 19.3. The molecular formula is C21H22FNO3S. The quantitative estimate of drug-likeness (QED) is 0.643. The van der Waals surface area contributed by atoms with E-state index in [1.54, 1.807) is 47.9 Å². The van der Waals surface area contributed by atoms with E-state index in [1.165, 1.54) is 12.1 Å². The van der Waals surface area contributed by atoms with Crippen molar-refractivity contribution in [1.29, 1.82) is 0 Å². The first-order valence-electron chi connectivity index (χ1n) is 8.87. The third kappa shape index (κ3) is 4.45. The van der Waals surface area contributed by atoms with Crippen LogP contribution in [0.2, 0.25) is 0 Å². The SMILES string of the molecule is CCCn1c(=O)ccc2cc(CS(=O)(=O)Cc3ccc(C)c(F)c3)ccc21. The Morgan fingerprint density at radius 1 is 0.963 bits per heavy atom. The lowest BCUT2D eigenvalue weighted by atomic mass is 10.1. The fourth-order valence-corrected chi connectivity index (χ4v) is 4.66. The maximum absolute atomic E-state index is 13.7. The minimum absolute atomic E-state index is 0.0638. The molecule has 4 nitrogen and oxygen atoms in total. The van der Waals surface area contributed by atoms with Gasteiger partial charge in [-0.1, -0.05) is 25.1 Å². The minimum atomic E-state index is -3.45. The van der Waals surface area contributed by atoms with Gasteiger partial charge in [-0.05, 0) is 59.7 Å². The second kappa shape index (κ2) is 7.64. The molecule has 0 aliphatic rings. The molecule has 0 spiro atoms. The summed E-state index contributed by atoms with van der Waals surface area (Å²) in [6.45, 7) is 4.26. The van der Waals surface area contributed by atoms with Gasteiger partial charge in [0.05, 0.1) is 17.0 Å². The zero-order valence-electron chi connectivity index (χ0n) is 15.4. The molecule has 3 rings (SSSR count). The third-order valence-electron chi connectivity index (χ3n) is 4.51. The molecule has 0 aliphatic carbocycles. The van der Waals surface area contributed by atoms with Gasteiger partial charge in [0, 0.05) is 12.6 Å². The summed E-state index contributed by atoms with van der Waals surface area (Å²) in [4.78, 5) is 12.0. The van der Waals surface area contributed by atoms with Gasteiger partial charge in [-0.15, -0.1) is 0 Å².